The molecular weight excluding hydrogens is 234 g/mol. The van der Waals surface area contributed by atoms with Crippen molar-refractivity contribution in [1.29, 1.82) is 0 Å². The van der Waals surface area contributed by atoms with Gasteiger partial charge in [-0.1, -0.05) is 26.7 Å². The molecule has 0 saturated heterocycles. The van der Waals surface area contributed by atoms with Crippen molar-refractivity contribution in [1.82, 2.24) is 10.3 Å². The SMILES string of the molecule is C#CCN(CCC)c1cc(CNCC)cc(CC)n1. The molecule has 0 aliphatic rings. The fourth-order valence-corrected chi connectivity index (χ4v) is 2.00. The van der Waals surface area contributed by atoms with Crippen LogP contribution in [-0.2, 0) is 13.0 Å². The van der Waals surface area contributed by atoms with Crippen LogP contribution in [0.1, 0.15) is 38.4 Å². The molecule has 1 heterocycles. The van der Waals surface area contributed by atoms with Gasteiger partial charge in [0, 0.05) is 18.8 Å². The van der Waals surface area contributed by atoms with Gasteiger partial charge in [-0.3, -0.25) is 0 Å². The molecule has 0 bridgehead atoms. The van der Waals surface area contributed by atoms with Gasteiger partial charge in [-0.05, 0) is 37.1 Å². The summed E-state index contributed by atoms with van der Waals surface area (Å²) in [4.78, 5) is 6.88. The quantitative estimate of drug-likeness (QED) is 0.727. The highest BCUT2D eigenvalue weighted by molar-refractivity contribution is 5.44. The molecule has 0 spiro atoms. The van der Waals surface area contributed by atoms with Gasteiger partial charge < -0.3 is 10.2 Å². The summed E-state index contributed by atoms with van der Waals surface area (Å²) in [5.74, 6) is 3.73. The first-order valence-corrected chi connectivity index (χ1v) is 7.14. The summed E-state index contributed by atoms with van der Waals surface area (Å²) in [5.41, 5.74) is 2.41. The first kappa shape index (κ1) is 15.5. The van der Waals surface area contributed by atoms with E-state index in [2.05, 4.69) is 49.0 Å². The lowest BCUT2D eigenvalue weighted by molar-refractivity contribution is 0.722. The van der Waals surface area contributed by atoms with Crippen molar-refractivity contribution < 1.29 is 0 Å². The smallest absolute Gasteiger partial charge is 0.129 e. The van der Waals surface area contributed by atoms with Crippen molar-refractivity contribution in [3.63, 3.8) is 0 Å². The van der Waals surface area contributed by atoms with E-state index in [1.807, 2.05) is 0 Å². The fraction of sp³-hybridized carbons (Fsp3) is 0.562. The summed E-state index contributed by atoms with van der Waals surface area (Å²) in [6, 6.07) is 4.32. The minimum atomic E-state index is 0.620. The Labute approximate surface area is 117 Å². The molecule has 0 aliphatic carbocycles. The van der Waals surface area contributed by atoms with E-state index in [9.17, 15) is 0 Å². The third-order valence-corrected chi connectivity index (χ3v) is 2.97. The van der Waals surface area contributed by atoms with E-state index in [0.717, 1.165) is 44.0 Å². The number of rotatable bonds is 8. The average Bonchev–Trinajstić information content (AvgIpc) is 2.44. The summed E-state index contributed by atoms with van der Waals surface area (Å²) in [6.45, 7) is 9.84. The number of nitrogens with zero attached hydrogens (tertiary/aromatic N) is 2. The fourth-order valence-electron chi connectivity index (χ4n) is 2.00. The van der Waals surface area contributed by atoms with E-state index in [0.29, 0.717) is 6.54 Å². The Hall–Kier alpha value is -1.53. The Morgan fingerprint density at radius 1 is 1.32 bits per heavy atom. The van der Waals surface area contributed by atoms with Crippen molar-refractivity contribution in [2.24, 2.45) is 0 Å². The highest BCUT2D eigenvalue weighted by atomic mass is 15.2. The number of anilines is 1. The zero-order valence-corrected chi connectivity index (χ0v) is 12.4. The summed E-state index contributed by atoms with van der Waals surface area (Å²) in [7, 11) is 0. The molecule has 0 aromatic carbocycles. The molecule has 1 rings (SSSR count). The first-order chi connectivity index (χ1) is 9.24. The summed E-state index contributed by atoms with van der Waals surface area (Å²) in [5, 5.41) is 3.36. The van der Waals surface area contributed by atoms with E-state index in [1.54, 1.807) is 0 Å². The average molecular weight is 259 g/mol. The molecule has 104 valence electrons. The molecule has 0 fully saturated rings. The van der Waals surface area contributed by atoms with Gasteiger partial charge in [0.15, 0.2) is 0 Å². The van der Waals surface area contributed by atoms with Crippen molar-refractivity contribution in [2.45, 2.75) is 40.2 Å². The van der Waals surface area contributed by atoms with Crippen LogP contribution >= 0.6 is 0 Å². The number of terminal acetylenes is 1. The molecule has 3 heteroatoms. The number of nitrogens with one attached hydrogen (secondary N) is 1. The Balaban J connectivity index is 2.99. The summed E-state index contributed by atoms with van der Waals surface area (Å²) >= 11 is 0. The predicted molar refractivity (Wildman–Crippen MR) is 82.3 cm³/mol. The maximum atomic E-state index is 5.45. The number of hydrogen-bond donors (Lipinski definition) is 1. The van der Waals surface area contributed by atoms with Crippen LogP contribution < -0.4 is 10.2 Å². The zero-order valence-electron chi connectivity index (χ0n) is 12.4. The van der Waals surface area contributed by atoms with Gasteiger partial charge in [0.1, 0.15) is 5.82 Å². The lowest BCUT2D eigenvalue weighted by Gasteiger charge is -2.22. The highest BCUT2D eigenvalue weighted by Gasteiger charge is 2.08. The summed E-state index contributed by atoms with van der Waals surface area (Å²) < 4.78 is 0. The second kappa shape index (κ2) is 8.55. The molecule has 0 unspecified atom stereocenters. The Morgan fingerprint density at radius 2 is 2.11 bits per heavy atom. The Bertz CT molecular complexity index is 420. The molecule has 0 atom stereocenters. The molecule has 1 aromatic heterocycles. The van der Waals surface area contributed by atoms with Gasteiger partial charge in [0.05, 0.1) is 6.54 Å². The number of aryl methyl sites for hydroxylation is 1. The van der Waals surface area contributed by atoms with Gasteiger partial charge >= 0.3 is 0 Å². The van der Waals surface area contributed by atoms with Gasteiger partial charge in [-0.15, -0.1) is 6.42 Å². The molecule has 0 aliphatic heterocycles. The molecule has 3 nitrogen and oxygen atoms in total. The maximum absolute atomic E-state index is 5.45. The van der Waals surface area contributed by atoms with Crippen LogP contribution in [0.25, 0.3) is 0 Å². The number of aromatic nitrogens is 1. The second-order valence-corrected chi connectivity index (χ2v) is 4.58. The highest BCUT2D eigenvalue weighted by Crippen LogP contribution is 2.16. The first-order valence-electron chi connectivity index (χ1n) is 7.14. The van der Waals surface area contributed by atoms with Crippen molar-refractivity contribution in [3.8, 4) is 12.3 Å². The Kier molecular flexibility index (Phi) is 6.99. The third-order valence-electron chi connectivity index (χ3n) is 2.97. The van der Waals surface area contributed by atoms with Crippen LogP contribution in [0.15, 0.2) is 12.1 Å². The van der Waals surface area contributed by atoms with Gasteiger partial charge in [0.25, 0.3) is 0 Å². The maximum Gasteiger partial charge on any atom is 0.129 e. The normalized spacial score (nSPS) is 10.2. The molecule has 0 radical (unpaired) electrons. The van der Waals surface area contributed by atoms with E-state index >= 15 is 0 Å². The van der Waals surface area contributed by atoms with E-state index in [4.69, 9.17) is 11.4 Å². The molecular formula is C16H25N3. The van der Waals surface area contributed by atoms with Crippen molar-refractivity contribution >= 4 is 5.82 Å². The van der Waals surface area contributed by atoms with Crippen LogP contribution in [0.3, 0.4) is 0 Å². The van der Waals surface area contributed by atoms with Crippen LogP contribution in [0.5, 0.6) is 0 Å². The summed E-state index contributed by atoms with van der Waals surface area (Å²) in [6.07, 6.45) is 7.47. The molecule has 19 heavy (non-hydrogen) atoms. The van der Waals surface area contributed by atoms with Crippen molar-refractivity contribution in [3.05, 3.63) is 23.4 Å². The topological polar surface area (TPSA) is 28.2 Å². The molecule has 0 amide bonds. The van der Waals surface area contributed by atoms with Crippen LogP contribution in [0, 0.1) is 12.3 Å². The minimum absolute atomic E-state index is 0.620. The van der Waals surface area contributed by atoms with Gasteiger partial charge in [0.2, 0.25) is 0 Å². The van der Waals surface area contributed by atoms with Gasteiger partial charge in [-0.2, -0.15) is 0 Å². The van der Waals surface area contributed by atoms with Crippen LogP contribution in [0.2, 0.25) is 0 Å². The van der Waals surface area contributed by atoms with E-state index in [1.165, 1.54) is 5.56 Å². The van der Waals surface area contributed by atoms with E-state index < -0.39 is 0 Å². The monoisotopic (exact) mass is 259 g/mol. The lowest BCUT2D eigenvalue weighted by Crippen LogP contribution is -2.26. The predicted octanol–water partition coefficient (Wildman–Crippen LogP) is 2.60. The number of pyridine rings is 1. The van der Waals surface area contributed by atoms with Crippen molar-refractivity contribution in [2.75, 3.05) is 24.5 Å². The standard InChI is InChI=1S/C16H25N3/c1-5-9-19(10-6-2)16-12-14(13-17-8-4)11-15(7-3)18-16/h1,11-12,17H,6-10,13H2,2-4H3. The molecule has 1 aromatic rings. The van der Waals surface area contributed by atoms with Gasteiger partial charge in [-0.25, -0.2) is 4.98 Å². The second-order valence-electron chi connectivity index (χ2n) is 4.58. The lowest BCUT2D eigenvalue weighted by atomic mass is 10.2. The zero-order chi connectivity index (χ0) is 14.1. The minimum Gasteiger partial charge on any atom is -0.345 e. The van der Waals surface area contributed by atoms with Crippen LogP contribution in [-0.4, -0.2) is 24.6 Å². The third kappa shape index (κ3) is 4.92. The van der Waals surface area contributed by atoms with E-state index in [-0.39, 0.29) is 0 Å². The Morgan fingerprint density at radius 3 is 2.68 bits per heavy atom. The molecule has 1 N–H and O–H groups in total. The van der Waals surface area contributed by atoms with Crippen LogP contribution in [0.4, 0.5) is 5.82 Å². The largest absolute Gasteiger partial charge is 0.345 e. The number of hydrogen-bond acceptors (Lipinski definition) is 3. The molecule has 0 saturated carbocycles.